The van der Waals surface area contributed by atoms with Gasteiger partial charge in [0.1, 0.15) is 5.75 Å². The van der Waals surface area contributed by atoms with Crippen molar-refractivity contribution in [3.8, 4) is 5.75 Å². The van der Waals surface area contributed by atoms with Crippen LogP contribution in [0, 0.1) is 0 Å². The third-order valence-electron chi connectivity index (χ3n) is 3.35. The molecule has 0 atom stereocenters. The molecule has 3 heteroatoms. The number of isocyanates is 1. The Labute approximate surface area is 102 Å². The first kappa shape index (κ1) is 11.9. The van der Waals surface area contributed by atoms with Gasteiger partial charge in [0.25, 0.3) is 0 Å². The molecule has 0 spiro atoms. The molecule has 0 aliphatic heterocycles. The fourth-order valence-electron chi connectivity index (χ4n) is 2.01. The molecule has 3 nitrogen and oxygen atoms in total. The first-order chi connectivity index (χ1) is 8.11. The lowest BCUT2D eigenvalue weighted by Crippen LogP contribution is -2.04. The number of carbonyl (C=O) groups excluding carboxylic acids is 1. The van der Waals surface area contributed by atoms with Crippen LogP contribution >= 0.6 is 0 Å². The maximum atomic E-state index is 10.5. The van der Waals surface area contributed by atoms with Crippen molar-refractivity contribution in [2.75, 3.05) is 7.11 Å². The molecule has 1 aromatic rings. The number of ether oxygens (including phenoxy) is 1. The Balaban J connectivity index is 2.47. The first-order valence-corrected chi connectivity index (χ1v) is 5.90. The Hall–Kier alpha value is -1.60. The molecule has 0 aromatic heterocycles. The minimum Gasteiger partial charge on any atom is -0.497 e. The van der Waals surface area contributed by atoms with Gasteiger partial charge in [-0.1, -0.05) is 19.9 Å². The van der Waals surface area contributed by atoms with Gasteiger partial charge in [0.05, 0.1) is 12.6 Å². The summed E-state index contributed by atoms with van der Waals surface area (Å²) in [4.78, 5) is 14.4. The SMILES string of the molecule is COc1cc(C(C)C)cc(C2(N=C=O)CC2)c1. The van der Waals surface area contributed by atoms with E-state index in [0.29, 0.717) is 5.92 Å². The second-order valence-corrected chi connectivity index (χ2v) is 4.88. The molecule has 17 heavy (non-hydrogen) atoms. The molecule has 1 aliphatic carbocycles. The van der Waals surface area contributed by atoms with E-state index in [1.54, 1.807) is 13.2 Å². The summed E-state index contributed by atoms with van der Waals surface area (Å²) >= 11 is 0. The van der Waals surface area contributed by atoms with Gasteiger partial charge in [-0.15, -0.1) is 0 Å². The Morgan fingerprint density at radius 2 is 2.06 bits per heavy atom. The summed E-state index contributed by atoms with van der Waals surface area (Å²) in [7, 11) is 1.66. The molecule has 0 unspecified atom stereocenters. The highest BCUT2D eigenvalue weighted by Gasteiger charge is 2.45. The number of hydrogen-bond acceptors (Lipinski definition) is 3. The number of hydrogen-bond donors (Lipinski definition) is 0. The van der Waals surface area contributed by atoms with E-state index in [-0.39, 0.29) is 5.54 Å². The van der Waals surface area contributed by atoms with Crippen LogP contribution in [-0.4, -0.2) is 13.2 Å². The molecule has 0 radical (unpaired) electrons. The highest BCUT2D eigenvalue weighted by Crippen LogP contribution is 2.50. The van der Waals surface area contributed by atoms with E-state index in [2.05, 4.69) is 24.9 Å². The molecule has 0 bridgehead atoms. The van der Waals surface area contributed by atoms with E-state index < -0.39 is 0 Å². The van der Waals surface area contributed by atoms with Crippen molar-refractivity contribution in [2.24, 2.45) is 4.99 Å². The van der Waals surface area contributed by atoms with Crippen molar-refractivity contribution < 1.29 is 9.53 Å². The normalized spacial score (nSPS) is 16.5. The standard InChI is InChI=1S/C14H17NO2/c1-10(2)11-6-12(8-13(7-11)17-3)14(4-5-14)15-9-16/h6-8,10H,4-5H2,1-3H3. The summed E-state index contributed by atoms with van der Waals surface area (Å²) in [5.41, 5.74) is 1.97. The average Bonchev–Trinajstić information content (AvgIpc) is 3.10. The maximum Gasteiger partial charge on any atom is 0.235 e. The monoisotopic (exact) mass is 231 g/mol. The van der Waals surface area contributed by atoms with Crippen molar-refractivity contribution in [1.82, 2.24) is 0 Å². The molecule has 0 amide bonds. The molecule has 0 saturated heterocycles. The van der Waals surface area contributed by atoms with Crippen LogP contribution < -0.4 is 4.74 Å². The fourth-order valence-corrected chi connectivity index (χ4v) is 2.01. The molecule has 90 valence electrons. The van der Waals surface area contributed by atoms with Crippen LogP contribution in [0.5, 0.6) is 5.75 Å². The van der Waals surface area contributed by atoms with Gasteiger partial charge < -0.3 is 4.74 Å². The first-order valence-electron chi connectivity index (χ1n) is 5.90. The lowest BCUT2D eigenvalue weighted by molar-refractivity contribution is 0.412. The van der Waals surface area contributed by atoms with Gasteiger partial charge in [0, 0.05) is 0 Å². The van der Waals surface area contributed by atoms with E-state index >= 15 is 0 Å². The second-order valence-electron chi connectivity index (χ2n) is 4.88. The van der Waals surface area contributed by atoms with E-state index in [1.165, 1.54) is 5.56 Å². The van der Waals surface area contributed by atoms with Gasteiger partial charge in [-0.05, 0) is 42.0 Å². The largest absolute Gasteiger partial charge is 0.497 e. The van der Waals surface area contributed by atoms with Gasteiger partial charge in [0.15, 0.2) is 0 Å². The summed E-state index contributed by atoms with van der Waals surface area (Å²) in [6.45, 7) is 4.28. The van der Waals surface area contributed by atoms with Crippen molar-refractivity contribution in [3.05, 3.63) is 29.3 Å². The number of nitrogens with zero attached hydrogens (tertiary/aromatic N) is 1. The zero-order valence-corrected chi connectivity index (χ0v) is 10.5. The zero-order valence-electron chi connectivity index (χ0n) is 10.5. The second kappa shape index (κ2) is 4.34. The minimum absolute atomic E-state index is 0.320. The highest BCUT2D eigenvalue weighted by atomic mass is 16.5. The van der Waals surface area contributed by atoms with Crippen molar-refractivity contribution >= 4 is 6.08 Å². The fraction of sp³-hybridized carbons (Fsp3) is 0.500. The molecular formula is C14H17NO2. The molecule has 1 aromatic carbocycles. The average molecular weight is 231 g/mol. The van der Waals surface area contributed by atoms with E-state index in [9.17, 15) is 4.79 Å². The van der Waals surface area contributed by atoms with Crippen LogP contribution in [0.4, 0.5) is 0 Å². The van der Waals surface area contributed by atoms with E-state index in [1.807, 2.05) is 12.1 Å². The van der Waals surface area contributed by atoms with Crippen LogP contribution in [0.3, 0.4) is 0 Å². The molecule has 2 rings (SSSR count). The van der Waals surface area contributed by atoms with Crippen LogP contribution in [0.2, 0.25) is 0 Å². The predicted octanol–water partition coefficient (Wildman–Crippen LogP) is 3.14. The van der Waals surface area contributed by atoms with Gasteiger partial charge in [-0.2, -0.15) is 4.99 Å². The van der Waals surface area contributed by atoms with Crippen molar-refractivity contribution in [3.63, 3.8) is 0 Å². The number of aliphatic imine (C=N–C) groups is 1. The lowest BCUT2D eigenvalue weighted by Gasteiger charge is -2.14. The molecule has 1 aliphatic rings. The summed E-state index contributed by atoms with van der Waals surface area (Å²) in [5, 5.41) is 0. The summed E-state index contributed by atoms with van der Waals surface area (Å²) in [6, 6.07) is 6.13. The number of methoxy groups -OCH3 is 1. The highest BCUT2D eigenvalue weighted by molar-refractivity contribution is 5.45. The van der Waals surface area contributed by atoms with Crippen LogP contribution in [0.15, 0.2) is 23.2 Å². The molecule has 1 fully saturated rings. The Morgan fingerprint density at radius 1 is 1.35 bits per heavy atom. The Bertz CT molecular complexity index is 469. The summed E-state index contributed by atoms with van der Waals surface area (Å²) < 4.78 is 5.31. The quantitative estimate of drug-likeness (QED) is 0.589. The molecule has 0 N–H and O–H groups in total. The Kier molecular flexibility index (Phi) is 3.03. The van der Waals surface area contributed by atoms with Gasteiger partial charge in [0.2, 0.25) is 6.08 Å². The van der Waals surface area contributed by atoms with Crippen molar-refractivity contribution in [2.45, 2.75) is 38.1 Å². The predicted molar refractivity (Wildman–Crippen MR) is 66.1 cm³/mol. The number of rotatable bonds is 4. The van der Waals surface area contributed by atoms with Crippen molar-refractivity contribution in [1.29, 1.82) is 0 Å². The van der Waals surface area contributed by atoms with Gasteiger partial charge in [-0.25, -0.2) is 4.79 Å². The van der Waals surface area contributed by atoms with Crippen LogP contribution in [0.25, 0.3) is 0 Å². The molecule has 1 saturated carbocycles. The third kappa shape index (κ3) is 2.25. The topological polar surface area (TPSA) is 38.7 Å². The summed E-state index contributed by atoms with van der Waals surface area (Å²) in [5.74, 6) is 1.26. The van der Waals surface area contributed by atoms with Crippen LogP contribution in [-0.2, 0) is 10.3 Å². The smallest absolute Gasteiger partial charge is 0.235 e. The maximum absolute atomic E-state index is 10.5. The molecule has 0 heterocycles. The van der Waals surface area contributed by atoms with E-state index in [0.717, 1.165) is 24.2 Å². The summed E-state index contributed by atoms with van der Waals surface area (Å²) in [6.07, 6.45) is 3.54. The Morgan fingerprint density at radius 3 is 2.53 bits per heavy atom. The third-order valence-corrected chi connectivity index (χ3v) is 3.35. The van der Waals surface area contributed by atoms with Gasteiger partial charge in [-0.3, -0.25) is 0 Å². The van der Waals surface area contributed by atoms with Gasteiger partial charge >= 0.3 is 0 Å². The lowest BCUT2D eigenvalue weighted by atomic mass is 9.96. The minimum atomic E-state index is -0.320. The van der Waals surface area contributed by atoms with E-state index in [4.69, 9.17) is 4.74 Å². The zero-order chi connectivity index (χ0) is 12.5. The van der Waals surface area contributed by atoms with Crippen LogP contribution in [0.1, 0.15) is 43.7 Å². The molecular weight excluding hydrogens is 214 g/mol. The number of benzene rings is 1.